The SMILES string of the molecule is CC(=O)Nc1ccc(S(=O)(=O)N(CC(C)C)C[C@@H](O)[C@H](Cc2ccccc2)NC(=O)[C@H](CC(C)C)N2C(=O)c3ccccc3C2=O)cc1. The fourth-order valence-electron chi connectivity index (χ4n) is 5.77. The molecule has 0 bridgehead atoms. The first-order valence-corrected chi connectivity index (χ1v) is 17.5. The van der Waals surface area contributed by atoms with E-state index in [4.69, 9.17) is 0 Å². The van der Waals surface area contributed by atoms with Gasteiger partial charge in [-0.25, -0.2) is 8.42 Å². The van der Waals surface area contributed by atoms with Crippen LogP contribution in [0.4, 0.5) is 5.69 Å². The second kappa shape index (κ2) is 15.7. The molecular weight excluding hydrogens is 632 g/mol. The molecule has 3 N–H and O–H groups in total. The molecule has 0 fully saturated rings. The van der Waals surface area contributed by atoms with Crippen LogP contribution in [0.1, 0.15) is 67.3 Å². The first-order chi connectivity index (χ1) is 22.7. The van der Waals surface area contributed by atoms with Gasteiger partial charge in [0, 0.05) is 25.7 Å². The normalized spacial score (nSPS) is 15.1. The first-order valence-electron chi connectivity index (χ1n) is 16.1. The van der Waals surface area contributed by atoms with E-state index in [0.29, 0.717) is 5.69 Å². The molecule has 4 rings (SSSR count). The number of carbonyl (C=O) groups excluding carboxylic acids is 4. The molecule has 3 aromatic carbocycles. The van der Waals surface area contributed by atoms with Crippen molar-refractivity contribution in [2.24, 2.45) is 11.8 Å². The lowest BCUT2D eigenvalue weighted by Gasteiger charge is -2.33. The number of hydrogen-bond donors (Lipinski definition) is 3. The Labute approximate surface area is 282 Å². The minimum atomic E-state index is -4.11. The van der Waals surface area contributed by atoms with E-state index in [2.05, 4.69) is 10.6 Å². The van der Waals surface area contributed by atoms with Crippen LogP contribution in [0.5, 0.6) is 0 Å². The Morgan fingerprint density at radius 1 is 0.812 bits per heavy atom. The van der Waals surface area contributed by atoms with Crippen molar-refractivity contribution < 1.29 is 32.7 Å². The molecule has 0 aromatic heterocycles. The molecule has 1 aliphatic rings. The zero-order chi connectivity index (χ0) is 35.2. The maximum atomic E-state index is 14.1. The maximum absolute atomic E-state index is 14.1. The van der Waals surface area contributed by atoms with E-state index < -0.39 is 45.9 Å². The van der Waals surface area contributed by atoms with Crippen LogP contribution < -0.4 is 10.6 Å². The highest BCUT2D eigenvalue weighted by atomic mass is 32.2. The maximum Gasteiger partial charge on any atom is 0.262 e. The third-order valence-corrected chi connectivity index (χ3v) is 9.84. The molecule has 0 spiro atoms. The van der Waals surface area contributed by atoms with Crippen molar-refractivity contribution in [2.45, 2.75) is 70.5 Å². The topological polar surface area (TPSA) is 153 Å². The summed E-state index contributed by atoms with van der Waals surface area (Å²) < 4.78 is 29.0. The number of imide groups is 1. The summed E-state index contributed by atoms with van der Waals surface area (Å²) in [4.78, 5) is 53.3. The highest BCUT2D eigenvalue weighted by molar-refractivity contribution is 7.89. The molecule has 0 aliphatic carbocycles. The number of anilines is 1. The van der Waals surface area contributed by atoms with E-state index in [1.807, 2.05) is 58.0 Å². The number of nitrogens with zero attached hydrogens (tertiary/aromatic N) is 2. The average Bonchev–Trinajstić information content (AvgIpc) is 3.28. The van der Waals surface area contributed by atoms with Crippen LogP contribution in [0, 0.1) is 11.8 Å². The van der Waals surface area contributed by atoms with Gasteiger partial charge in [0.25, 0.3) is 11.8 Å². The highest BCUT2D eigenvalue weighted by Crippen LogP contribution is 2.28. The Morgan fingerprint density at radius 3 is 1.90 bits per heavy atom. The minimum Gasteiger partial charge on any atom is -0.390 e. The monoisotopic (exact) mass is 676 g/mol. The molecule has 0 saturated heterocycles. The van der Waals surface area contributed by atoms with Gasteiger partial charge in [-0.05, 0) is 66.6 Å². The standard InChI is InChI=1S/C36H44N4O7S/c1-23(2)19-32(40-35(44)29-13-9-10-14-30(29)36(40)45)34(43)38-31(20-26-11-7-6-8-12-26)33(42)22-39(21-24(3)4)48(46,47)28-17-15-27(16-18-28)37-25(5)41/h6-18,23-24,31-33,42H,19-22H2,1-5H3,(H,37,41)(H,38,43)/t31-,32-,33+/m0/s1. The number of fused-ring (bicyclic) bond motifs is 1. The van der Waals surface area contributed by atoms with Gasteiger partial charge in [0.2, 0.25) is 21.8 Å². The van der Waals surface area contributed by atoms with E-state index in [9.17, 15) is 32.7 Å². The Balaban J connectivity index is 1.64. The number of aliphatic hydroxyl groups is 1. The number of carbonyl (C=O) groups is 4. The van der Waals surface area contributed by atoms with Gasteiger partial charge in [-0.3, -0.25) is 24.1 Å². The molecule has 1 heterocycles. The lowest BCUT2D eigenvalue weighted by atomic mass is 9.98. The predicted molar refractivity (Wildman–Crippen MR) is 183 cm³/mol. The zero-order valence-corrected chi connectivity index (χ0v) is 28.7. The highest BCUT2D eigenvalue weighted by Gasteiger charge is 2.43. The number of rotatable bonds is 15. The summed E-state index contributed by atoms with van der Waals surface area (Å²) in [5.74, 6) is -2.20. The summed E-state index contributed by atoms with van der Waals surface area (Å²) in [5, 5.41) is 17.2. The number of sulfonamides is 1. The molecule has 0 saturated carbocycles. The Kier molecular flexibility index (Phi) is 11.9. The third kappa shape index (κ3) is 8.74. The summed E-state index contributed by atoms with van der Waals surface area (Å²) in [7, 11) is -4.11. The van der Waals surface area contributed by atoms with Gasteiger partial charge >= 0.3 is 0 Å². The number of nitrogens with one attached hydrogen (secondary N) is 2. The second-order valence-electron chi connectivity index (χ2n) is 13.0. The van der Waals surface area contributed by atoms with Gasteiger partial charge < -0.3 is 15.7 Å². The molecule has 4 amide bonds. The molecular formula is C36H44N4O7S. The van der Waals surface area contributed by atoms with Crippen LogP contribution >= 0.6 is 0 Å². The van der Waals surface area contributed by atoms with E-state index in [-0.39, 0.29) is 59.7 Å². The Morgan fingerprint density at radius 2 is 1.38 bits per heavy atom. The summed E-state index contributed by atoms with van der Waals surface area (Å²) >= 11 is 0. The fraction of sp³-hybridized carbons (Fsp3) is 0.389. The lowest BCUT2D eigenvalue weighted by molar-refractivity contribution is -0.127. The van der Waals surface area contributed by atoms with Crippen molar-refractivity contribution in [1.29, 1.82) is 0 Å². The molecule has 48 heavy (non-hydrogen) atoms. The van der Waals surface area contributed by atoms with Crippen molar-refractivity contribution in [3.05, 3.63) is 95.6 Å². The molecule has 12 heteroatoms. The van der Waals surface area contributed by atoms with Crippen molar-refractivity contribution in [1.82, 2.24) is 14.5 Å². The van der Waals surface area contributed by atoms with Crippen LogP contribution in [0.2, 0.25) is 0 Å². The largest absolute Gasteiger partial charge is 0.390 e. The first kappa shape index (κ1) is 36.4. The van der Waals surface area contributed by atoms with Crippen molar-refractivity contribution in [3.63, 3.8) is 0 Å². The predicted octanol–water partition coefficient (Wildman–Crippen LogP) is 4.09. The Bertz CT molecular complexity index is 1690. The van der Waals surface area contributed by atoms with Crippen LogP contribution in [-0.4, -0.2) is 77.6 Å². The van der Waals surface area contributed by atoms with Gasteiger partial charge in [-0.15, -0.1) is 0 Å². The molecule has 0 unspecified atom stereocenters. The molecule has 0 radical (unpaired) electrons. The van der Waals surface area contributed by atoms with Crippen LogP contribution in [0.3, 0.4) is 0 Å². The van der Waals surface area contributed by atoms with Crippen molar-refractivity contribution in [2.75, 3.05) is 18.4 Å². The summed E-state index contributed by atoms with van der Waals surface area (Å²) in [5.41, 5.74) is 1.68. The van der Waals surface area contributed by atoms with Gasteiger partial charge in [-0.2, -0.15) is 4.31 Å². The van der Waals surface area contributed by atoms with Gasteiger partial charge in [-0.1, -0.05) is 70.2 Å². The summed E-state index contributed by atoms with van der Waals surface area (Å²) in [6.07, 6.45) is -1.03. The van der Waals surface area contributed by atoms with Gasteiger partial charge in [0.05, 0.1) is 28.2 Å². The summed E-state index contributed by atoms with van der Waals surface area (Å²) in [6, 6.07) is 19.2. The molecule has 3 aromatic rings. The van der Waals surface area contributed by atoms with E-state index >= 15 is 0 Å². The summed E-state index contributed by atoms with van der Waals surface area (Å²) in [6.45, 7) is 8.58. The van der Waals surface area contributed by atoms with Crippen molar-refractivity contribution >= 4 is 39.3 Å². The van der Waals surface area contributed by atoms with E-state index in [0.717, 1.165) is 10.5 Å². The molecule has 3 atom stereocenters. The van der Waals surface area contributed by atoms with E-state index in [1.165, 1.54) is 35.5 Å². The van der Waals surface area contributed by atoms with E-state index in [1.54, 1.807) is 24.3 Å². The van der Waals surface area contributed by atoms with Crippen molar-refractivity contribution in [3.8, 4) is 0 Å². The average molecular weight is 677 g/mol. The number of aliphatic hydroxyl groups excluding tert-OH is 1. The third-order valence-electron chi connectivity index (χ3n) is 8.00. The number of amides is 4. The smallest absolute Gasteiger partial charge is 0.262 e. The quantitative estimate of drug-likeness (QED) is 0.205. The minimum absolute atomic E-state index is 0.0179. The number of benzene rings is 3. The number of hydrogen-bond acceptors (Lipinski definition) is 7. The molecule has 256 valence electrons. The van der Waals surface area contributed by atoms with Crippen LogP contribution in [0.25, 0.3) is 0 Å². The fourth-order valence-corrected chi connectivity index (χ4v) is 7.40. The molecule has 1 aliphatic heterocycles. The van der Waals surface area contributed by atoms with Gasteiger partial charge in [0.15, 0.2) is 0 Å². The van der Waals surface area contributed by atoms with Crippen LogP contribution in [0.15, 0.2) is 83.8 Å². The zero-order valence-electron chi connectivity index (χ0n) is 27.9. The Hall–Kier alpha value is -4.39. The lowest BCUT2D eigenvalue weighted by Crippen LogP contribution is -2.56. The second-order valence-corrected chi connectivity index (χ2v) is 14.9. The van der Waals surface area contributed by atoms with Gasteiger partial charge in [0.1, 0.15) is 6.04 Å². The molecule has 11 nitrogen and oxygen atoms in total. The van der Waals surface area contributed by atoms with Crippen LogP contribution in [-0.2, 0) is 26.0 Å².